The van der Waals surface area contributed by atoms with E-state index in [1.54, 1.807) is 18.3 Å². The number of aromatic nitrogens is 4. The highest BCUT2D eigenvalue weighted by Crippen LogP contribution is 2.20. The van der Waals surface area contributed by atoms with Crippen LogP contribution in [0.15, 0.2) is 48.8 Å². The van der Waals surface area contributed by atoms with Crippen molar-refractivity contribution in [2.24, 2.45) is 7.05 Å². The van der Waals surface area contributed by atoms with E-state index >= 15 is 0 Å². The van der Waals surface area contributed by atoms with Crippen molar-refractivity contribution in [1.82, 2.24) is 19.7 Å². The topological polar surface area (TPSA) is 67.4 Å². The second-order valence-corrected chi connectivity index (χ2v) is 4.36. The van der Waals surface area contributed by atoms with E-state index in [1.165, 1.54) is 0 Å². The van der Waals surface area contributed by atoms with Crippen LogP contribution in [0.1, 0.15) is 5.56 Å². The first-order valence-corrected chi connectivity index (χ1v) is 6.10. The van der Waals surface area contributed by atoms with E-state index in [0.29, 0.717) is 5.56 Å². The van der Waals surface area contributed by atoms with Gasteiger partial charge < -0.3 is 4.57 Å². The van der Waals surface area contributed by atoms with Gasteiger partial charge in [0.2, 0.25) is 0 Å². The van der Waals surface area contributed by atoms with Crippen molar-refractivity contribution in [3.63, 3.8) is 0 Å². The molecule has 0 aliphatic carbocycles. The van der Waals surface area contributed by atoms with Gasteiger partial charge >= 0.3 is 0 Å². The van der Waals surface area contributed by atoms with Crippen molar-refractivity contribution in [3.8, 4) is 28.8 Å². The van der Waals surface area contributed by atoms with E-state index in [4.69, 9.17) is 5.26 Å². The summed E-state index contributed by atoms with van der Waals surface area (Å²) in [5.74, 6) is 0.773. The van der Waals surface area contributed by atoms with E-state index in [-0.39, 0.29) is 0 Å². The Morgan fingerprint density at radius 2 is 1.90 bits per heavy atom. The lowest BCUT2D eigenvalue weighted by atomic mass is 10.1. The Morgan fingerprint density at radius 1 is 1.10 bits per heavy atom. The standard InChI is InChI=1S/C15H11N5/c1-20-8-7-17-15(20)14-6-5-13(18-19-14)12-4-2-3-11(9-12)10-16/h2-9H,1H3. The van der Waals surface area contributed by atoms with Gasteiger partial charge in [-0.05, 0) is 24.3 Å². The van der Waals surface area contributed by atoms with Crippen LogP contribution < -0.4 is 0 Å². The molecule has 1 aromatic carbocycles. The van der Waals surface area contributed by atoms with Crippen molar-refractivity contribution in [1.29, 1.82) is 5.26 Å². The number of benzene rings is 1. The zero-order valence-corrected chi connectivity index (χ0v) is 10.9. The molecule has 0 saturated carbocycles. The predicted molar refractivity (Wildman–Crippen MR) is 74.4 cm³/mol. The summed E-state index contributed by atoms with van der Waals surface area (Å²) in [7, 11) is 1.91. The molecular weight excluding hydrogens is 250 g/mol. The van der Waals surface area contributed by atoms with Crippen LogP contribution in [-0.2, 0) is 7.05 Å². The maximum atomic E-state index is 8.91. The summed E-state index contributed by atoms with van der Waals surface area (Å²) in [5, 5.41) is 17.3. The summed E-state index contributed by atoms with van der Waals surface area (Å²) in [6.07, 6.45) is 3.59. The Kier molecular flexibility index (Phi) is 2.98. The van der Waals surface area contributed by atoms with Gasteiger partial charge in [-0.15, -0.1) is 10.2 Å². The van der Waals surface area contributed by atoms with Crippen molar-refractivity contribution >= 4 is 0 Å². The van der Waals surface area contributed by atoms with Gasteiger partial charge in [-0.25, -0.2) is 4.98 Å². The van der Waals surface area contributed by atoms with Gasteiger partial charge in [-0.2, -0.15) is 5.26 Å². The molecule has 0 radical (unpaired) electrons. The van der Waals surface area contributed by atoms with Crippen LogP contribution in [0.4, 0.5) is 0 Å². The second-order valence-electron chi connectivity index (χ2n) is 4.36. The fraction of sp³-hybridized carbons (Fsp3) is 0.0667. The van der Waals surface area contributed by atoms with Gasteiger partial charge in [0.25, 0.3) is 0 Å². The average molecular weight is 261 g/mol. The Bertz CT molecular complexity index is 781. The number of nitrogens with zero attached hydrogens (tertiary/aromatic N) is 5. The largest absolute Gasteiger partial charge is 0.333 e. The van der Waals surface area contributed by atoms with Gasteiger partial charge in [0, 0.05) is 25.0 Å². The summed E-state index contributed by atoms with van der Waals surface area (Å²) < 4.78 is 1.89. The van der Waals surface area contributed by atoms with Crippen molar-refractivity contribution < 1.29 is 0 Å². The molecule has 0 saturated heterocycles. The van der Waals surface area contributed by atoms with E-state index in [1.807, 2.05) is 42.1 Å². The Morgan fingerprint density at radius 3 is 2.55 bits per heavy atom. The zero-order chi connectivity index (χ0) is 13.9. The highest BCUT2D eigenvalue weighted by Gasteiger charge is 2.07. The molecule has 0 atom stereocenters. The van der Waals surface area contributed by atoms with Gasteiger partial charge in [-0.3, -0.25) is 0 Å². The summed E-state index contributed by atoms with van der Waals surface area (Å²) in [6, 6.07) is 13.2. The van der Waals surface area contributed by atoms with Gasteiger partial charge in [0.05, 0.1) is 17.3 Å². The molecule has 0 amide bonds. The molecular formula is C15H11N5. The molecule has 5 nitrogen and oxygen atoms in total. The van der Waals surface area contributed by atoms with E-state index in [9.17, 15) is 0 Å². The minimum Gasteiger partial charge on any atom is -0.333 e. The number of imidazole rings is 1. The van der Waals surface area contributed by atoms with Crippen LogP contribution in [0.5, 0.6) is 0 Å². The maximum Gasteiger partial charge on any atom is 0.160 e. The second kappa shape index (κ2) is 4.94. The molecule has 0 bridgehead atoms. The first-order chi connectivity index (χ1) is 9.78. The summed E-state index contributed by atoms with van der Waals surface area (Å²) >= 11 is 0. The Balaban J connectivity index is 1.97. The molecule has 2 aromatic heterocycles. The molecule has 20 heavy (non-hydrogen) atoms. The van der Waals surface area contributed by atoms with E-state index in [2.05, 4.69) is 21.3 Å². The quantitative estimate of drug-likeness (QED) is 0.710. The van der Waals surface area contributed by atoms with E-state index < -0.39 is 0 Å². The third-order valence-corrected chi connectivity index (χ3v) is 3.00. The first-order valence-electron chi connectivity index (χ1n) is 6.10. The van der Waals surface area contributed by atoms with Crippen molar-refractivity contribution in [2.75, 3.05) is 0 Å². The van der Waals surface area contributed by atoms with Crippen LogP contribution in [0.3, 0.4) is 0 Å². The SMILES string of the molecule is Cn1ccnc1-c1ccc(-c2cccc(C#N)c2)nn1. The number of hydrogen-bond donors (Lipinski definition) is 0. The average Bonchev–Trinajstić information content (AvgIpc) is 2.94. The number of hydrogen-bond acceptors (Lipinski definition) is 4. The Hall–Kier alpha value is -3.00. The van der Waals surface area contributed by atoms with E-state index in [0.717, 1.165) is 22.8 Å². The minimum absolute atomic E-state index is 0.609. The highest BCUT2D eigenvalue weighted by molar-refractivity contribution is 5.62. The fourth-order valence-electron chi connectivity index (χ4n) is 1.97. The smallest absolute Gasteiger partial charge is 0.160 e. The number of aryl methyl sites for hydroxylation is 1. The van der Waals surface area contributed by atoms with Crippen LogP contribution >= 0.6 is 0 Å². The third kappa shape index (κ3) is 2.15. The summed E-state index contributed by atoms with van der Waals surface area (Å²) in [4.78, 5) is 4.23. The fourth-order valence-corrected chi connectivity index (χ4v) is 1.97. The minimum atomic E-state index is 0.609. The molecule has 96 valence electrons. The third-order valence-electron chi connectivity index (χ3n) is 3.00. The molecule has 2 heterocycles. The lowest BCUT2D eigenvalue weighted by Crippen LogP contribution is -1.96. The lowest BCUT2D eigenvalue weighted by molar-refractivity contribution is 0.905. The normalized spacial score (nSPS) is 10.2. The summed E-state index contributed by atoms with van der Waals surface area (Å²) in [5.41, 5.74) is 2.94. The highest BCUT2D eigenvalue weighted by atomic mass is 15.1. The summed E-state index contributed by atoms with van der Waals surface area (Å²) in [6.45, 7) is 0. The van der Waals surface area contributed by atoms with Crippen molar-refractivity contribution in [3.05, 3.63) is 54.4 Å². The van der Waals surface area contributed by atoms with Gasteiger partial charge in [-0.1, -0.05) is 12.1 Å². The van der Waals surface area contributed by atoms with Crippen LogP contribution in [-0.4, -0.2) is 19.7 Å². The number of rotatable bonds is 2. The number of nitriles is 1. The lowest BCUT2D eigenvalue weighted by Gasteiger charge is -2.03. The monoisotopic (exact) mass is 261 g/mol. The van der Waals surface area contributed by atoms with Gasteiger partial charge in [0.1, 0.15) is 5.69 Å². The molecule has 3 rings (SSSR count). The molecule has 0 aliphatic heterocycles. The molecule has 0 fully saturated rings. The molecule has 0 spiro atoms. The Labute approximate surface area is 116 Å². The van der Waals surface area contributed by atoms with Crippen LogP contribution in [0.2, 0.25) is 0 Å². The predicted octanol–water partition coefficient (Wildman–Crippen LogP) is 2.42. The molecule has 5 heteroatoms. The molecule has 0 N–H and O–H groups in total. The van der Waals surface area contributed by atoms with Crippen LogP contribution in [0.25, 0.3) is 22.8 Å². The first kappa shape index (κ1) is 12.1. The molecule has 3 aromatic rings. The van der Waals surface area contributed by atoms with Crippen LogP contribution in [0, 0.1) is 11.3 Å². The maximum absolute atomic E-state index is 8.91. The molecule has 0 aliphatic rings. The van der Waals surface area contributed by atoms with Gasteiger partial charge in [0.15, 0.2) is 5.82 Å². The van der Waals surface area contributed by atoms with Crippen molar-refractivity contribution in [2.45, 2.75) is 0 Å². The zero-order valence-electron chi connectivity index (χ0n) is 10.9. The molecule has 0 unspecified atom stereocenters.